The molecular formula is C22H18O4. The molecule has 4 nitrogen and oxygen atoms in total. The molecule has 0 aliphatic heterocycles. The van der Waals surface area contributed by atoms with Gasteiger partial charge in [0.25, 0.3) is 0 Å². The summed E-state index contributed by atoms with van der Waals surface area (Å²) < 4.78 is 10.8. The molecule has 3 rings (SSSR count). The highest BCUT2D eigenvalue weighted by Crippen LogP contribution is 2.23. The first-order valence-corrected chi connectivity index (χ1v) is 8.21. The summed E-state index contributed by atoms with van der Waals surface area (Å²) in [6.45, 7) is 3.66. The number of hydrogen-bond donors (Lipinski definition) is 0. The summed E-state index contributed by atoms with van der Waals surface area (Å²) in [5.74, 6) is -0.351. The molecule has 0 saturated heterocycles. The Labute approximate surface area is 152 Å². The number of para-hydroxylation sites is 2. The van der Waals surface area contributed by atoms with Gasteiger partial charge in [0.05, 0.1) is 11.1 Å². The van der Waals surface area contributed by atoms with Crippen LogP contribution in [0.2, 0.25) is 0 Å². The highest BCUT2D eigenvalue weighted by Gasteiger charge is 2.23. The molecule has 0 atom stereocenters. The molecule has 3 aromatic rings. The standard InChI is InChI=1S/C22H18O4/c1-15-13-14-19(21(23)25-17-9-5-3-6-10-17)20(16(15)2)22(24)26-18-11-7-4-8-12-18/h3-14H,1-2H3. The van der Waals surface area contributed by atoms with E-state index in [9.17, 15) is 9.59 Å². The van der Waals surface area contributed by atoms with Crippen molar-refractivity contribution in [2.75, 3.05) is 0 Å². The van der Waals surface area contributed by atoms with Gasteiger partial charge in [0.2, 0.25) is 0 Å². The second-order valence-electron chi connectivity index (χ2n) is 5.84. The van der Waals surface area contributed by atoms with E-state index in [2.05, 4.69) is 0 Å². The largest absolute Gasteiger partial charge is 0.423 e. The lowest BCUT2D eigenvalue weighted by atomic mass is 9.97. The summed E-state index contributed by atoms with van der Waals surface area (Å²) in [5.41, 5.74) is 1.97. The van der Waals surface area contributed by atoms with E-state index in [0.29, 0.717) is 17.1 Å². The molecule has 0 aromatic heterocycles. The van der Waals surface area contributed by atoms with Crippen molar-refractivity contribution >= 4 is 11.9 Å². The molecule has 0 fully saturated rings. The maximum Gasteiger partial charge on any atom is 0.344 e. The van der Waals surface area contributed by atoms with Crippen molar-refractivity contribution in [1.29, 1.82) is 0 Å². The van der Waals surface area contributed by atoms with Crippen molar-refractivity contribution < 1.29 is 19.1 Å². The third kappa shape index (κ3) is 3.81. The van der Waals surface area contributed by atoms with Crippen molar-refractivity contribution in [1.82, 2.24) is 0 Å². The van der Waals surface area contributed by atoms with Gasteiger partial charge in [0, 0.05) is 0 Å². The summed E-state index contributed by atoms with van der Waals surface area (Å²) in [4.78, 5) is 25.4. The van der Waals surface area contributed by atoms with E-state index >= 15 is 0 Å². The second kappa shape index (κ2) is 7.66. The molecule has 0 N–H and O–H groups in total. The zero-order chi connectivity index (χ0) is 18.5. The number of carbonyl (C=O) groups excluding carboxylic acids is 2. The minimum atomic E-state index is -0.598. The molecule has 0 unspecified atom stereocenters. The Morgan fingerprint density at radius 3 is 1.69 bits per heavy atom. The normalized spacial score (nSPS) is 10.2. The predicted molar refractivity (Wildman–Crippen MR) is 98.7 cm³/mol. The van der Waals surface area contributed by atoms with Crippen LogP contribution in [0.5, 0.6) is 11.5 Å². The first kappa shape index (κ1) is 17.4. The van der Waals surface area contributed by atoms with Crippen LogP contribution < -0.4 is 9.47 Å². The van der Waals surface area contributed by atoms with Gasteiger partial charge in [-0.1, -0.05) is 42.5 Å². The minimum Gasteiger partial charge on any atom is -0.423 e. The van der Waals surface area contributed by atoms with Crippen LogP contribution in [0.1, 0.15) is 31.8 Å². The summed E-state index contributed by atoms with van der Waals surface area (Å²) >= 11 is 0. The summed E-state index contributed by atoms with van der Waals surface area (Å²) in [7, 11) is 0. The van der Waals surface area contributed by atoms with E-state index < -0.39 is 11.9 Å². The smallest absolute Gasteiger partial charge is 0.344 e. The second-order valence-corrected chi connectivity index (χ2v) is 5.84. The minimum absolute atomic E-state index is 0.179. The summed E-state index contributed by atoms with van der Waals surface area (Å²) in [6.07, 6.45) is 0. The zero-order valence-electron chi connectivity index (χ0n) is 14.6. The van der Waals surface area contributed by atoms with Crippen molar-refractivity contribution in [2.24, 2.45) is 0 Å². The molecule has 0 radical (unpaired) electrons. The van der Waals surface area contributed by atoms with Gasteiger partial charge in [-0.15, -0.1) is 0 Å². The molecule has 0 spiro atoms. The maximum absolute atomic E-state index is 12.7. The topological polar surface area (TPSA) is 52.6 Å². The number of esters is 2. The molecule has 0 heterocycles. The fourth-order valence-corrected chi connectivity index (χ4v) is 2.55. The Bertz CT molecular complexity index is 931. The third-order valence-electron chi connectivity index (χ3n) is 4.07. The zero-order valence-corrected chi connectivity index (χ0v) is 14.6. The number of aryl methyl sites for hydroxylation is 1. The van der Waals surface area contributed by atoms with Gasteiger partial charge in [0.15, 0.2) is 0 Å². The van der Waals surface area contributed by atoms with E-state index in [1.54, 1.807) is 67.6 Å². The monoisotopic (exact) mass is 346 g/mol. The van der Waals surface area contributed by atoms with E-state index in [4.69, 9.17) is 9.47 Å². The molecule has 0 aliphatic rings. The molecule has 26 heavy (non-hydrogen) atoms. The predicted octanol–water partition coefficient (Wildman–Crippen LogP) is 4.74. The van der Waals surface area contributed by atoms with Crippen LogP contribution in [0.4, 0.5) is 0 Å². The third-order valence-corrected chi connectivity index (χ3v) is 4.07. The quantitative estimate of drug-likeness (QED) is 0.506. The van der Waals surface area contributed by atoms with Crippen LogP contribution in [-0.2, 0) is 0 Å². The van der Waals surface area contributed by atoms with Gasteiger partial charge >= 0.3 is 11.9 Å². The van der Waals surface area contributed by atoms with Gasteiger partial charge in [-0.05, 0) is 55.3 Å². The van der Waals surface area contributed by atoms with Gasteiger partial charge < -0.3 is 9.47 Å². The van der Waals surface area contributed by atoms with Crippen LogP contribution in [0, 0.1) is 13.8 Å². The number of carbonyl (C=O) groups is 2. The SMILES string of the molecule is Cc1ccc(C(=O)Oc2ccccc2)c(C(=O)Oc2ccccc2)c1C. The van der Waals surface area contributed by atoms with Crippen LogP contribution >= 0.6 is 0 Å². The van der Waals surface area contributed by atoms with Crippen molar-refractivity contribution in [3.05, 3.63) is 95.1 Å². The molecule has 3 aromatic carbocycles. The summed E-state index contributed by atoms with van der Waals surface area (Å²) in [6, 6.07) is 20.9. The van der Waals surface area contributed by atoms with E-state index in [1.807, 2.05) is 19.1 Å². The van der Waals surface area contributed by atoms with Gasteiger partial charge in [-0.3, -0.25) is 0 Å². The van der Waals surface area contributed by atoms with Crippen LogP contribution in [-0.4, -0.2) is 11.9 Å². The average molecular weight is 346 g/mol. The van der Waals surface area contributed by atoms with Crippen molar-refractivity contribution in [3.8, 4) is 11.5 Å². The number of benzene rings is 3. The van der Waals surface area contributed by atoms with E-state index in [-0.39, 0.29) is 11.1 Å². The first-order chi connectivity index (χ1) is 12.6. The van der Waals surface area contributed by atoms with Crippen molar-refractivity contribution in [2.45, 2.75) is 13.8 Å². The Hall–Kier alpha value is -3.40. The van der Waals surface area contributed by atoms with E-state index in [1.165, 1.54) is 0 Å². The molecule has 130 valence electrons. The fourth-order valence-electron chi connectivity index (χ4n) is 2.55. The molecule has 0 bridgehead atoms. The van der Waals surface area contributed by atoms with Gasteiger partial charge in [0.1, 0.15) is 11.5 Å². The van der Waals surface area contributed by atoms with E-state index in [0.717, 1.165) is 5.56 Å². The summed E-state index contributed by atoms with van der Waals surface area (Å²) in [5, 5.41) is 0. The van der Waals surface area contributed by atoms with Gasteiger partial charge in [-0.2, -0.15) is 0 Å². The van der Waals surface area contributed by atoms with Gasteiger partial charge in [-0.25, -0.2) is 9.59 Å². The molecule has 0 saturated carbocycles. The number of ether oxygens (including phenoxy) is 2. The first-order valence-electron chi connectivity index (χ1n) is 8.21. The highest BCUT2D eigenvalue weighted by atomic mass is 16.5. The Balaban J connectivity index is 1.94. The molecule has 4 heteroatoms. The highest BCUT2D eigenvalue weighted by molar-refractivity contribution is 6.05. The van der Waals surface area contributed by atoms with Crippen molar-refractivity contribution in [3.63, 3.8) is 0 Å². The molecule has 0 aliphatic carbocycles. The number of rotatable bonds is 4. The lowest BCUT2D eigenvalue weighted by Crippen LogP contribution is -2.19. The van der Waals surface area contributed by atoms with Crippen LogP contribution in [0.3, 0.4) is 0 Å². The van der Waals surface area contributed by atoms with Crippen LogP contribution in [0.25, 0.3) is 0 Å². The molecule has 0 amide bonds. The Morgan fingerprint density at radius 2 is 1.15 bits per heavy atom. The lowest BCUT2D eigenvalue weighted by Gasteiger charge is -2.13. The maximum atomic E-state index is 12.7. The van der Waals surface area contributed by atoms with Crippen LogP contribution in [0.15, 0.2) is 72.8 Å². The molecular weight excluding hydrogens is 328 g/mol. The Morgan fingerprint density at radius 1 is 0.654 bits per heavy atom. The fraction of sp³-hybridized carbons (Fsp3) is 0.0909. The lowest BCUT2D eigenvalue weighted by molar-refractivity contribution is 0.0691. The Kier molecular flexibility index (Phi) is 5.13. The average Bonchev–Trinajstić information content (AvgIpc) is 2.65. The number of hydrogen-bond acceptors (Lipinski definition) is 4.